The summed E-state index contributed by atoms with van der Waals surface area (Å²) in [6.07, 6.45) is 0.288. The fraction of sp³-hybridized carbons (Fsp3) is 0.211. The molecule has 7 heteroatoms. The van der Waals surface area contributed by atoms with E-state index in [0.717, 1.165) is 21.9 Å². The van der Waals surface area contributed by atoms with Crippen LogP contribution in [0.4, 0.5) is 5.69 Å². The van der Waals surface area contributed by atoms with Gasteiger partial charge in [-0.2, -0.15) is 5.26 Å². The third kappa shape index (κ3) is 4.01. The number of aryl methyl sites for hydroxylation is 1. The Morgan fingerprint density at radius 2 is 2.08 bits per heavy atom. The van der Waals surface area contributed by atoms with Gasteiger partial charge in [0.2, 0.25) is 5.91 Å². The number of halogens is 1. The van der Waals surface area contributed by atoms with Gasteiger partial charge in [0.15, 0.2) is 5.16 Å². The van der Waals surface area contributed by atoms with E-state index in [1.165, 1.54) is 11.8 Å². The molecular weight excluding hydrogens is 368 g/mol. The molecule has 5 nitrogen and oxygen atoms in total. The largest absolute Gasteiger partial charge is 0.322 e. The summed E-state index contributed by atoms with van der Waals surface area (Å²) >= 11 is 7.40. The summed E-state index contributed by atoms with van der Waals surface area (Å²) in [7, 11) is 1.92. The highest BCUT2D eigenvalue weighted by Crippen LogP contribution is 2.26. The topological polar surface area (TPSA) is 61.9 Å². The SMILES string of the molecule is Cn1c(SCC(=O)N(CCC#N)c2ccccc2)nc2cc(Cl)ccc21. The minimum absolute atomic E-state index is 0.0541. The first-order valence-corrected chi connectivity index (χ1v) is 9.43. The molecule has 0 radical (unpaired) electrons. The van der Waals surface area contributed by atoms with Gasteiger partial charge in [0, 0.05) is 24.3 Å². The van der Waals surface area contributed by atoms with Crippen LogP contribution in [-0.2, 0) is 11.8 Å². The monoisotopic (exact) mass is 384 g/mol. The first kappa shape index (κ1) is 18.3. The molecule has 0 unspecified atom stereocenters. The van der Waals surface area contributed by atoms with Crippen LogP contribution in [-0.4, -0.2) is 27.8 Å². The summed E-state index contributed by atoms with van der Waals surface area (Å²) in [6.45, 7) is 0.373. The summed E-state index contributed by atoms with van der Waals surface area (Å²) in [6, 6.07) is 17.1. The molecule has 0 fully saturated rings. The van der Waals surface area contributed by atoms with Crippen molar-refractivity contribution >= 4 is 46.0 Å². The zero-order valence-electron chi connectivity index (χ0n) is 14.2. The third-order valence-electron chi connectivity index (χ3n) is 3.94. The molecule has 3 rings (SSSR count). The van der Waals surface area contributed by atoms with Crippen molar-refractivity contribution in [1.29, 1.82) is 5.26 Å². The number of carbonyl (C=O) groups is 1. The van der Waals surface area contributed by atoms with Crippen LogP contribution in [0, 0.1) is 11.3 Å². The lowest BCUT2D eigenvalue weighted by Gasteiger charge is -2.21. The van der Waals surface area contributed by atoms with Crippen molar-refractivity contribution in [2.45, 2.75) is 11.6 Å². The Morgan fingerprint density at radius 1 is 1.31 bits per heavy atom. The molecular formula is C19H17ClN4OS. The Balaban J connectivity index is 1.76. The molecule has 0 spiro atoms. The van der Waals surface area contributed by atoms with E-state index in [1.807, 2.05) is 60.1 Å². The summed E-state index contributed by atoms with van der Waals surface area (Å²) in [5.74, 6) is 0.187. The maximum atomic E-state index is 12.7. The molecule has 26 heavy (non-hydrogen) atoms. The lowest BCUT2D eigenvalue weighted by molar-refractivity contribution is -0.116. The van der Waals surface area contributed by atoms with Crippen LogP contribution in [0.1, 0.15) is 6.42 Å². The number of hydrogen-bond donors (Lipinski definition) is 0. The molecule has 0 atom stereocenters. The zero-order chi connectivity index (χ0) is 18.5. The van der Waals surface area contributed by atoms with Gasteiger partial charge >= 0.3 is 0 Å². The van der Waals surface area contributed by atoms with Crippen LogP contribution in [0.25, 0.3) is 11.0 Å². The molecule has 2 aromatic carbocycles. The van der Waals surface area contributed by atoms with Gasteiger partial charge in [0.25, 0.3) is 0 Å². The average molecular weight is 385 g/mol. The van der Waals surface area contributed by atoms with Gasteiger partial charge in [0.1, 0.15) is 0 Å². The van der Waals surface area contributed by atoms with Gasteiger partial charge < -0.3 is 9.47 Å². The Kier molecular flexibility index (Phi) is 5.82. The van der Waals surface area contributed by atoms with Crippen molar-refractivity contribution in [2.75, 3.05) is 17.2 Å². The van der Waals surface area contributed by atoms with E-state index < -0.39 is 0 Å². The number of amides is 1. The number of anilines is 1. The minimum Gasteiger partial charge on any atom is -0.322 e. The highest BCUT2D eigenvalue weighted by Gasteiger charge is 2.17. The van der Waals surface area contributed by atoms with Crippen molar-refractivity contribution in [3.8, 4) is 6.07 Å². The number of nitrogens with zero attached hydrogens (tertiary/aromatic N) is 4. The van der Waals surface area contributed by atoms with Crippen LogP contribution >= 0.6 is 23.4 Å². The zero-order valence-corrected chi connectivity index (χ0v) is 15.8. The number of rotatable bonds is 6. The van der Waals surface area contributed by atoms with E-state index in [-0.39, 0.29) is 18.1 Å². The number of aromatic nitrogens is 2. The van der Waals surface area contributed by atoms with Crippen LogP contribution < -0.4 is 4.90 Å². The lowest BCUT2D eigenvalue weighted by atomic mass is 10.2. The van der Waals surface area contributed by atoms with Crippen LogP contribution in [0.15, 0.2) is 53.7 Å². The molecule has 1 aromatic heterocycles. The Hall–Kier alpha value is -2.49. The number of para-hydroxylation sites is 1. The summed E-state index contributed by atoms with van der Waals surface area (Å²) in [5.41, 5.74) is 2.57. The second-order valence-corrected chi connectivity index (χ2v) is 7.04. The van der Waals surface area contributed by atoms with Crippen molar-refractivity contribution in [3.05, 3.63) is 53.6 Å². The van der Waals surface area contributed by atoms with Gasteiger partial charge in [-0.15, -0.1) is 0 Å². The molecule has 1 amide bonds. The molecule has 0 bridgehead atoms. The lowest BCUT2D eigenvalue weighted by Crippen LogP contribution is -2.33. The van der Waals surface area contributed by atoms with Crippen molar-refractivity contribution in [3.63, 3.8) is 0 Å². The fourth-order valence-electron chi connectivity index (χ4n) is 2.65. The molecule has 0 N–H and O–H groups in total. The number of carbonyl (C=O) groups excluding carboxylic acids is 1. The fourth-order valence-corrected chi connectivity index (χ4v) is 3.68. The van der Waals surface area contributed by atoms with Gasteiger partial charge in [-0.25, -0.2) is 4.98 Å². The number of hydrogen-bond acceptors (Lipinski definition) is 4. The molecule has 132 valence electrons. The smallest absolute Gasteiger partial charge is 0.237 e. The van der Waals surface area contributed by atoms with E-state index in [1.54, 1.807) is 4.90 Å². The number of nitriles is 1. The normalized spacial score (nSPS) is 10.7. The number of benzene rings is 2. The number of thioether (sulfide) groups is 1. The molecule has 0 saturated carbocycles. The van der Waals surface area contributed by atoms with Gasteiger partial charge in [0.05, 0.1) is 29.3 Å². The van der Waals surface area contributed by atoms with Crippen LogP contribution in [0.2, 0.25) is 5.02 Å². The predicted octanol–water partition coefficient (Wildman–Crippen LogP) is 4.27. The van der Waals surface area contributed by atoms with Crippen LogP contribution in [0.3, 0.4) is 0 Å². The van der Waals surface area contributed by atoms with E-state index in [9.17, 15) is 4.79 Å². The Bertz CT molecular complexity index is 965. The summed E-state index contributed by atoms with van der Waals surface area (Å²) in [5, 5.41) is 10.3. The molecule has 0 saturated heterocycles. The van der Waals surface area contributed by atoms with Crippen molar-refractivity contribution < 1.29 is 4.79 Å². The van der Waals surface area contributed by atoms with Crippen molar-refractivity contribution in [2.24, 2.45) is 7.05 Å². The summed E-state index contributed by atoms with van der Waals surface area (Å²) < 4.78 is 1.95. The molecule has 0 aliphatic heterocycles. The molecule has 3 aromatic rings. The molecule has 0 aliphatic carbocycles. The van der Waals surface area contributed by atoms with E-state index in [4.69, 9.17) is 16.9 Å². The second-order valence-electron chi connectivity index (χ2n) is 5.66. The standard InChI is InChI=1S/C19H17ClN4OS/c1-23-17-9-8-14(20)12-16(17)22-19(23)26-13-18(25)24(11-5-10-21)15-6-3-2-4-7-15/h2-4,6-9,12H,5,11,13H2,1H3. The number of fused-ring (bicyclic) bond motifs is 1. The van der Waals surface area contributed by atoms with Gasteiger partial charge in [-0.1, -0.05) is 41.6 Å². The highest BCUT2D eigenvalue weighted by atomic mass is 35.5. The number of imidazole rings is 1. The highest BCUT2D eigenvalue weighted by molar-refractivity contribution is 7.99. The maximum Gasteiger partial charge on any atom is 0.237 e. The second kappa shape index (κ2) is 8.26. The average Bonchev–Trinajstić information content (AvgIpc) is 2.96. The molecule has 0 aliphatic rings. The van der Waals surface area contributed by atoms with E-state index >= 15 is 0 Å². The van der Waals surface area contributed by atoms with E-state index in [0.29, 0.717) is 11.6 Å². The minimum atomic E-state index is -0.0541. The first-order chi connectivity index (χ1) is 12.6. The summed E-state index contributed by atoms with van der Waals surface area (Å²) in [4.78, 5) is 18.9. The van der Waals surface area contributed by atoms with Gasteiger partial charge in [-0.3, -0.25) is 4.79 Å². The molecule has 1 heterocycles. The Morgan fingerprint density at radius 3 is 2.81 bits per heavy atom. The van der Waals surface area contributed by atoms with Crippen LogP contribution in [0.5, 0.6) is 0 Å². The predicted molar refractivity (Wildman–Crippen MR) is 105 cm³/mol. The first-order valence-electron chi connectivity index (χ1n) is 8.07. The van der Waals surface area contributed by atoms with Gasteiger partial charge in [-0.05, 0) is 30.3 Å². The maximum absolute atomic E-state index is 12.7. The quantitative estimate of drug-likeness (QED) is 0.595. The Labute approximate surface area is 161 Å². The van der Waals surface area contributed by atoms with Crippen molar-refractivity contribution in [1.82, 2.24) is 9.55 Å². The third-order valence-corrected chi connectivity index (χ3v) is 5.19. The van der Waals surface area contributed by atoms with E-state index in [2.05, 4.69) is 11.1 Å².